The van der Waals surface area contributed by atoms with Crippen LogP contribution in [0.4, 0.5) is 0 Å². The quantitative estimate of drug-likeness (QED) is 0.632. The van der Waals surface area contributed by atoms with Crippen LogP contribution in [0, 0.1) is 29.6 Å². The largest absolute Gasteiger partial charge is 0.102 e. The lowest BCUT2D eigenvalue weighted by Crippen LogP contribution is -2.24. The van der Waals surface area contributed by atoms with Crippen LogP contribution in [0.2, 0.25) is 0 Å². The van der Waals surface area contributed by atoms with Crippen LogP contribution in [0.15, 0.2) is 12.7 Å². The highest BCUT2D eigenvalue weighted by Gasteiger charge is 2.36. The van der Waals surface area contributed by atoms with Gasteiger partial charge in [-0.1, -0.05) is 6.08 Å². The highest BCUT2D eigenvalue weighted by Crippen LogP contribution is 2.49. The molecule has 94 valence electrons. The van der Waals surface area contributed by atoms with Crippen molar-refractivity contribution in [2.24, 2.45) is 17.8 Å². The average Bonchev–Trinajstić information content (AvgIpc) is 3.24. The second kappa shape index (κ2) is 5.16. The standard InChI is InChI=1S/C17H26/c1-2-13-3-5-14(6-4-13)15-7-9-16(10-8-15)17-11-12-17/h2,14,16-17H,1,3-12H2. The van der Waals surface area contributed by atoms with Crippen LogP contribution in [0.5, 0.6) is 0 Å². The summed E-state index contributed by atoms with van der Waals surface area (Å²) in [5, 5.41) is 0. The Balaban J connectivity index is 1.45. The van der Waals surface area contributed by atoms with Gasteiger partial charge in [-0.2, -0.15) is 0 Å². The van der Waals surface area contributed by atoms with E-state index in [9.17, 15) is 0 Å². The van der Waals surface area contributed by atoms with E-state index in [-0.39, 0.29) is 0 Å². The maximum absolute atomic E-state index is 3.91. The Morgan fingerprint density at radius 1 is 0.765 bits per heavy atom. The predicted octanol–water partition coefficient (Wildman–Crippen LogP) is 5.11. The van der Waals surface area contributed by atoms with E-state index in [4.69, 9.17) is 0 Å². The molecule has 0 unspecified atom stereocenters. The summed E-state index contributed by atoms with van der Waals surface area (Å²) in [6.45, 7) is 3.91. The summed E-state index contributed by atoms with van der Waals surface area (Å²) in [4.78, 5) is 0. The Labute approximate surface area is 107 Å². The zero-order chi connectivity index (χ0) is 11.7. The van der Waals surface area contributed by atoms with Gasteiger partial charge in [0.05, 0.1) is 0 Å². The summed E-state index contributed by atoms with van der Waals surface area (Å²) in [6, 6.07) is 0. The number of hydrogen-bond donors (Lipinski definition) is 0. The number of rotatable bonds is 3. The van der Waals surface area contributed by atoms with Crippen LogP contribution < -0.4 is 0 Å². The lowest BCUT2D eigenvalue weighted by Gasteiger charge is -2.37. The fourth-order valence-electron chi connectivity index (χ4n) is 4.06. The molecule has 0 bridgehead atoms. The molecule has 3 aliphatic carbocycles. The average molecular weight is 230 g/mol. The van der Waals surface area contributed by atoms with E-state index in [1.165, 1.54) is 51.4 Å². The minimum absolute atomic E-state index is 0.971. The molecule has 3 fully saturated rings. The van der Waals surface area contributed by atoms with Crippen LogP contribution >= 0.6 is 0 Å². The topological polar surface area (TPSA) is 0 Å². The predicted molar refractivity (Wildman–Crippen MR) is 73.3 cm³/mol. The summed E-state index contributed by atoms with van der Waals surface area (Å²) in [6.07, 6.45) is 16.7. The molecule has 0 aromatic carbocycles. The summed E-state index contributed by atoms with van der Waals surface area (Å²) in [7, 11) is 0. The molecule has 0 aromatic rings. The van der Waals surface area contributed by atoms with E-state index in [0.717, 1.165) is 17.8 Å². The maximum atomic E-state index is 3.91. The molecule has 0 atom stereocenters. The van der Waals surface area contributed by atoms with E-state index in [1.54, 1.807) is 18.8 Å². The monoisotopic (exact) mass is 230 g/mol. The van der Waals surface area contributed by atoms with Crippen molar-refractivity contribution in [3.8, 4) is 0 Å². The van der Waals surface area contributed by atoms with E-state index in [2.05, 4.69) is 12.7 Å². The highest BCUT2D eigenvalue weighted by atomic mass is 14.4. The molecule has 0 amide bonds. The number of hydrogen-bond acceptors (Lipinski definition) is 0. The maximum Gasteiger partial charge on any atom is -0.00299 e. The van der Waals surface area contributed by atoms with Crippen molar-refractivity contribution in [3.05, 3.63) is 24.5 Å². The molecule has 3 rings (SSSR count). The molecule has 17 heavy (non-hydrogen) atoms. The Hall–Kier alpha value is -0.260. The molecule has 0 nitrogen and oxygen atoms in total. The minimum atomic E-state index is 0.971. The first-order valence-corrected chi connectivity index (χ1v) is 7.68. The molecule has 3 aliphatic rings. The van der Waals surface area contributed by atoms with Gasteiger partial charge in [0.25, 0.3) is 0 Å². The number of allylic oxidation sites excluding steroid dienone is 1. The van der Waals surface area contributed by atoms with Crippen molar-refractivity contribution in [1.82, 2.24) is 0 Å². The molecular formula is C17H26. The fraction of sp³-hybridized carbons (Fsp3) is 0.765. The van der Waals surface area contributed by atoms with E-state index in [1.807, 2.05) is 5.92 Å². The van der Waals surface area contributed by atoms with Crippen LogP contribution in [0.25, 0.3) is 0 Å². The van der Waals surface area contributed by atoms with Crippen molar-refractivity contribution in [2.75, 3.05) is 0 Å². The van der Waals surface area contributed by atoms with Gasteiger partial charge in [0.15, 0.2) is 0 Å². The molecule has 0 N–H and O–H groups in total. The van der Waals surface area contributed by atoms with Gasteiger partial charge in [-0.3, -0.25) is 0 Å². The molecule has 0 spiro atoms. The lowest BCUT2D eigenvalue weighted by molar-refractivity contribution is 0.279. The van der Waals surface area contributed by atoms with Gasteiger partial charge >= 0.3 is 0 Å². The summed E-state index contributed by atoms with van der Waals surface area (Å²) >= 11 is 0. The van der Waals surface area contributed by atoms with Crippen LogP contribution in [0.1, 0.15) is 64.2 Å². The third-order valence-corrected chi connectivity index (χ3v) is 5.46. The SMILES string of the molecule is C=C[C]1CCC([C]2CCC(C3CC3)CC2)CC1. The van der Waals surface area contributed by atoms with Crippen LogP contribution in [-0.4, -0.2) is 0 Å². The zero-order valence-electron chi connectivity index (χ0n) is 11.1. The van der Waals surface area contributed by atoms with Crippen molar-refractivity contribution < 1.29 is 0 Å². The molecule has 0 saturated heterocycles. The smallest absolute Gasteiger partial charge is 0.00299 e. The Morgan fingerprint density at radius 2 is 1.35 bits per heavy atom. The first-order chi connectivity index (χ1) is 8.36. The molecule has 0 aromatic heterocycles. The van der Waals surface area contributed by atoms with Gasteiger partial charge in [-0.15, -0.1) is 6.58 Å². The summed E-state index contributed by atoms with van der Waals surface area (Å²) in [5.41, 5.74) is 0. The molecule has 0 heterocycles. The van der Waals surface area contributed by atoms with Gasteiger partial charge in [-0.25, -0.2) is 0 Å². The van der Waals surface area contributed by atoms with Crippen molar-refractivity contribution >= 4 is 0 Å². The third kappa shape index (κ3) is 2.77. The van der Waals surface area contributed by atoms with Crippen LogP contribution in [-0.2, 0) is 0 Å². The van der Waals surface area contributed by atoms with Gasteiger partial charge in [0.2, 0.25) is 0 Å². The molecule has 2 radical (unpaired) electrons. The Bertz CT molecular complexity index is 247. The third-order valence-electron chi connectivity index (χ3n) is 5.46. The van der Waals surface area contributed by atoms with E-state index < -0.39 is 0 Å². The zero-order valence-corrected chi connectivity index (χ0v) is 11.1. The Kier molecular flexibility index (Phi) is 3.59. The van der Waals surface area contributed by atoms with Crippen molar-refractivity contribution in [1.29, 1.82) is 0 Å². The van der Waals surface area contributed by atoms with Crippen molar-refractivity contribution in [3.63, 3.8) is 0 Å². The van der Waals surface area contributed by atoms with Crippen molar-refractivity contribution in [2.45, 2.75) is 64.2 Å². The summed E-state index contributed by atoms with van der Waals surface area (Å²) in [5.74, 6) is 6.76. The first-order valence-electron chi connectivity index (χ1n) is 7.68. The lowest BCUT2D eigenvalue weighted by atomic mass is 9.68. The second-order valence-electron chi connectivity index (χ2n) is 6.47. The van der Waals surface area contributed by atoms with Gasteiger partial charge in [0, 0.05) is 0 Å². The van der Waals surface area contributed by atoms with Gasteiger partial charge in [-0.05, 0) is 93.8 Å². The van der Waals surface area contributed by atoms with Gasteiger partial charge in [0.1, 0.15) is 0 Å². The van der Waals surface area contributed by atoms with Crippen LogP contribution in [0.3, 0.4) is 0 Å². The highest BCUT2D eigenvalue weighted by molar-refractivity contribution is 5.12. The van der Waals surface area contributed by atoms with E-state index in [0.29, 0.717) is 0 Å². The fourth-order valence-corrected chi connectivity index (χ4v) is 4.06. The van der Waals surface area contributed by atoms with E-state index >= 15 is 0 Å². The molecule has 0 heteroatoms. The normalized spacial score (nSPS) is 30.6. The summed E-state index contributed by atoms with van der Waals surface area (Å²) < 4.78 is 0. The minimum Gasteiger partial charge on any atom is -0.102 e. The molecular weight excluding hydrogens is 204 g/mol. The molecule has 0 aliphatic heterocycles. The first kappa shape index (κ1) is 11.8. The second-order valence-corrected chi connectivity index (χ2v) is 6.47. The molecule has 3 saturated carbocycles. The van der Waals surface area contributed by atoms with Gasteiger partial charge < -0.3 is 0 Å². The Morgan fingerprint density at radius 3 is 1.88 bits per heavy atom.